The fourth-order valence-corrected chi connectivity index (χ4v) is 4.14. The normalized spacial score (nSPS) is 14.7. The molecule has 0 unspecified atom stereocenters. The van der Waals surface area contributed by atoms with E-state index < -0.39 is 0 Å². The van der Waals surface area contributed by atoms with Gasteiger partial charge in [-0.1, -0.05) is 6.07 Å². The molecule has 140 valence electrons. The molecule has 2 amide bonds. The Balaban J connectivity index is 1.47. The Hall–Kier alpha value is -2.08. The van der Waals surface area contributed by atoms with Gasteiger partial charge in [0.1, 0.15) is 0 Å². The summed E-state index contributed by atoms with van der Waals surface area (Å²) < 4.78 is 2.12. The zero-order chi connectivity index (χ0) is 18.7. The predicted octanol–water partition coefficient (Wildman–Crippen LogP) is 2.55. The maximum absolute atomic E-state index is 12.6. The van der Waals surface area contributed by atoms with Gasteiger partial charge in [0, 0.05) is 55.9 Å². The van der Waals surface area contributed by atoms with Crippen molar-refractivity contribution in [3.8, 4) is 0 Å². The monoisotopic (exact) mass is 373 g/mol. The molecule has 0 N–H and O–H groups in total. The lowest BCUT2D eigenvalue weighted by Crippen LogP contribution is -2.51. The molecule has 3 rings (SSSR count). The number of aromatic nitrogens is 1. The molecule has 1 aliphatic rings. The Morgan fingerprint density at radius 3 is 2.27 bits per heavy atom. The van der Waals surface area contributed by atoms with Gasteiger partial charge in [0.05, 0.1) is 6.42 Å². The highest BCUT2D eigenvalue weighted by molar-refractivity contribution is 7.09. The second kappa shape index (κ2) is 8.08. The van der Waals surface area contributed by atoms with Crippen LogP contribution in [0.5, 0.6) is 0 Å². The Morgan fingerprint density at radius 1 is 1.08 bits per heavy atom. The molecule has 1 saturated heterocycles. The summed E-state index contributed by atoms with van der Waals surface area (Å²) >= 11 is 1.70. The highest BCUT2D eigenvalue weighted by Crippen LogP contribution is 2.16. The molecule has 1 fully saturated rings. The van der Waals surface area contributed by atoms with Crippen LogP contribution < -0.4 is 0 Å². The van der Waals surface area contributed by atoms with Gasteiger partial charge in [-0.3, -0.25) is 9.59 Å². The molecule has 5 nitrogen and oxygen atoms in total. The summed E-state index contributed by atoms with van der Waals surface area (Å²) in [5.74, 6) is 0.351. The summed E-state index contributed by atoms with van der Waals surface area (Å²) in [4.78, 5) is 30.0. The van der Waals surface area contributed by atoms with Gasteiger partial charge < -0.3 is 14.4 Å². The van der Waals surface area contributed by atoms with Crippen LogP contribution in [0.15, 0.2) is 23.6 Å². The van der Waals surface area contributed by atoms with Gasteiger partial charge in [0.15, 0.2) is 0 Å². The largest absolute Gasteiger partial charge is 0.352 e. The lowest BCUT2D eigenvalue weighted by Gasteiger charge is -2.35. The van der Waals surface area contributed by atoms with Crippen molar-refractivity contribution in [1.82, 2.24) is 14.4 Å². The van der Waals surface area contributed by atoms with Crippen molar-refractivity contribution >= 4 is 23.2 Å². The first-order valence-electron chi connectivity index (χ1n) is 9.15. The molecular formula is C20H27N3O2S. The van der Waals surface area contributed by atoms with Crippen molar-refractivity contribution in [3.05, 3.63) is 45.4 Å². The third-order valence-corrected chi connectivity index (χ3v) is 6.31. The number of carbonyl (C=O) groups excluding carboxylic acids is 2. The van der Waals surface area contributed by atoms with E-state index in [1.807, 2.05) is 28.3 Å². The van der Waals surface area contributed by atoms with Crippen molar-refractivity contribution in [2.75, 3.05) is 26.2 Å². The van der Waals surface area contributed by atoms with Crippen LogP contribution in [0.2, 0.25) is 0 Å². The lowest BCUT2D eigenvalue weighted by atomic mass is 10.1. The lowest BCUT2D eigenvalue weighted by molar-refractivity contribution is -0.139. The van der Waals surface area contributed by atoms with Crippen molar-refractivity contribution < 1.29 is 9.59 Å². The SMILES string of the molecule is Cc1cc(CC(=O)N2CCN(C(=O)CCc3cccs3)CC2)c(C)n1C. The molecule has 0 bridgehead atoms. The average molecular weight is 374 g/mol. The molecule has 0 aliphatic carbocycles. The minimum absolute atomic E-state index is 0.157. The van der Waals surface area contributed by atoms with E-state index in [4.69, 9.17) is 0 Å². The van der Waals surface area contributed by atoms with E-state index in [-0.39, 0.29) is 11.8 Å². The first-order chi connectivity index (χ1) is 12.5. The molecule has 1 aliphatic heterocycles. The molecule has 6 heteroatoms. The number of rotatable bonds is 5. The second-order valence-electron chi connectivity index (χ2n) is 6.97. The number of hydrogen-bond donors (Lipinski definition) is 0. The molecule has 2 aromatic heterocycles. The molecule has 26 heavy (non-hydrogen) atoms. The summed E-state index contributed by atoms with van der Waals surface area (Å²) in [6.07, 6.45) is 1.80. The maximum atomic E-state index is 12.6. The number of amides is 2. The molecule has 0 spiro atoms. The second-order valence-corrected chi connectivity index (χ2v) is 8.01. The predicted molar refractivity (Wildman–Crippen MR) is 104 cm³/mol. The number of piperazine rings is 1. The molecule has 2 aromatic rings. The Labute approximate surface area is 159 Å². The minimum Gasteiger partial charge on any atom is -0.352 e. The van der Waals surface area contributed by atoms with E-state index in [9.17, 15) is 9.59 Å². The van der Waals surface area contributed by atoms with E-state index in [2.05, 4.69) is 30.5 Å². The fourth-order valence-electron chi connectivity index (χ4n) is 3.44. The van der Waals surface area contributed by atoms with Gasteiger partial charge in [-0.25, -0.2) is 0 Å². The van der Waals surface area contributed by atoms with Gasteiger partial charge >= 0.3 is 0 Å². The van der Waals surface area contributed by atoms with Crippen molar-refractivity contribution in [1.29, 1.82) is 0 Å². The van der Waals surface area contributed by atoms with Gasteiger partial charge in [-0.15, -0.1) is 11.3 Å². The van der Waals surface area contributed by atoms with Gasteiger partial charge in [0.2, 0.25) is 11.8 Å². The number of thiophene rings is 1. The van der Waals surface area contributed by atoms with E-state index in [1.165, 1.54) is 10.6 Å². The highest BCUT2D eigenvalue weighted by atomic mass is 32.1. The van der Waals surface area contributed by atoms with Crippen LogP contribution in [0, 0.1) is 13.8 Å². The van der Waals surface area contributed by atoms with E-state index in [1.54, 1.807) is 11.3 Å². The molecular weight excluding hydrogens is 346 g/mol. The smallest absolute Gasteiger partial charge is 0.227 e. The number of carbonyl (C=O) groups is 2. The van der Waals surface area contributed by atoms with E-state index in [0.29, 0.717) is 39.0 Å². The topological polar surface area (TPSA) is 45.6 Å². The van der Waals surface area contributed by atoms with Gasteiger partial charge in [-0.2, -0.15) is 0 Å². The maximum Gasteiger partial charge on any atom is 0.227 e. The van der Waals surface area contributed by atoms with Crippen molar-refractivity contribution in [2.24, 2.45) is 7.05 Å². The third-order valence-electron chi connectivity index (χ3n) is 5.37. The third kappa shape index (κ3) is 4.18. The summed E-state index contributed by atoms with van der Waals surface area (Å²) in [6.45, 7) is 6.66. The number of aryl methyl sites for hydroxylation is 2. The average Bonchev–Trinajstić information content (AvgIpc) is 3.25. The first kappa shape index (κ1) is 18.7. The van der Waals surface area contributed by atoms with Gasteiger partial charge in [-0.05, 0) is 43.3 Å². The molecule has 3 heterocycles. The van der Waals surface area contributed by atoms with E-state index in [0.717, 1.165) is 17.7 Å². The molecule has 0 saturated carbocycles. The number of hydrogen-bond acceptors (Lipinski definition) is 3. The standard InChI is InChI=1S/C20H27N3O2S/c1-15-13-17(16(2)21(15)3)14-20(25)23-10-8-22(9-11-23)19(24)7-6-18-5-4-12-26-18/h4-5,12-13H,6-11,14H2,1-3H3. The van der Waals surface area contributed by atoms with E-state index >= 15 is 0 Å². The molecule has 0 atom stereocenters. The van der Waals surface area contributed by atoms with Crippen LogP contribution >= 0.6 is 11.3 Å². The van der Waals surface area contributed by atoms with Crippen LogP contribution in [-0.2, 0) is 29.5 Å². The Bertz CT molecular complexity index is 771. The van der Waals surface area contributed by atoms with Crippen LogP contribution in [0.25, 0.3) is 0 Å². The van der Waals surface area contributed by atoms with Crippen LogP contribution in [0.1, 0.15) is 28.2 Å². The molecule has 0 aromatic carbocycles. The zero-order valence-electron chi connectivity index (χ0n) is 15.8. The highest BCUT2D eigenvalue weighted by Gasteiger charge is 2.24. The van der Waals surface area contributed by atoms with Crippen molar-refractivity contribution in [2.45, 2.75) is 33.1 Å². The Morgan fingerprint density at radius 2 is 1.73 bits per heavy atom. The molecule has 0 radical (unpaired) electrons. The fraction of sp³-hybridized carbons (Fsp3) is 0.500. The quantitative estimate of drug-likeness (QED) is 0.809. The first-order valence-corrected chi connectivity index (χ1v) is 10.0. The van der Waals surface area contributed by atoms with Crippen LogP contribution in [-0.4, -0.2) is 52.4 Å². The Kier molecular flexibility index (Phi) is 5.81. The summed E-state index contributed by atoms with van der Waals surface area (Å²) in [5.41, 5.74) is 3.43. The zero-order valence-corrected chi connectivity index (χ0v) is 16.6. The summed E-state index contributed by atoms with van der Waals surface area (Å²) in [6, 6.07) is 6.18. The van der Waals surface area contributed by atoms with Gasteiger partial charge in [0.25, 0.3) is 0 Å². The summed E-state index contributed by atoms with van der Waals surface area (Å²) in [7, 11) is 2.03. The van der Waals surface area contributed by atoms with Crippen molar-refractivity contribution in [3.63, 3.8) is 0 Å². The number of nitrogens with zero attached hydrogens (tertiary/aromatic N) is 3. The van der Waals surface area contributed by atoms with Crippen LogP contribution in [0.4, 0.5) is 0 Å². The summed E-state index contributed by atoms with van der Waals surface area (Å²) in [5, 5.41) is 2.04. The van der Waals surface area contributed by atoms with Crippen LogP contribution in [0.3, 0.4) is 0 Å². The minimum atomic E-state index is 0.157.